The van der Waals surface area contributed by atoms with Crippen LogP contribution >= 0.6 is 11.8 Å². The number of carbonyl (C=O) groups excluding carboxylic acids is 1. The highest BCUT2D eigenvalue weighted by Crippen LogP contribution is 2.55. The van der Waals surface area contributed by atoms with Crippen LogP contribution in [0.1, 0.15) is 45.4 Å². The lowest BCUT2D eigenvalue weighted by Gasteiger charge is -2.57. The van der Waals surface area contributed by atoms with Crippen LogP contribution in [0.4, 0.5) is 0 Å². The van der Waals surface area contributed by atoms with E-state index in [1.54, 1.807) is 7.11 Å². The number of hydrogen-bond donors (Lipinski definition) is 1. The zero-order valence-electron chi connectivity index (χ0n) is 17.9. The maximum absolute atomic E-state index is 13.1. The molecular formula is C23H30N4O2S. The lowest BCUT2D eigenvalue weighted by Crippen LogP contribution is -2.60. The van der Waals surface area contributed by atoms with Gasteiger partial charge in [-0.1, -0.05) is 23.9 Å². The Labute approximate surface area is 182 Å². The summed E-state index contributed by atoms with van der Waals surface area (Å²) >= 11 is 1.48. The summed E-state index contributed by atoms with van der Waals surface area (Å²) in [5.74, 6) is 4.15. The fourth-order valence-corrected chi connectivity index (χ4v) is 7.08. The first-order valence-electron chi connectivity index (χ1n) is 11.0. The van der Waals surface area contributed by atoms with Gasteiger partial charge in [-0.3, -0.25) is 4.79 Å². The highest BCUT2D eigenvalue weighted by atomic mass is 32.2. The Hall–Kier alpha value is -2.02. The zero-order chi connectivity index (χ0) is 20.9. The highest BCUT2D eigenvalue weighted by Gasteiger charge is 2.51. The first-order chi connectivity index (χ1) is 14.4. The van der Waals surface area contributed by atoms with Crippen molar-refractivity contribution in [1.29, 1.82) is 0 Å². The molecule has 4 saturated carbocycles. The molecule has 0 saturated heterocycles. The molecule has 1 atom stereocenters. The first kappa shape index (κ1) is 19.9. The van der Waals surface area contributed by atoms with E-state index in [1.807, 2.05) is 42.8 Å². The fraction of sp³-hybridized carbons (Fsp3) is 0.609. The van der Waals surface area contributed by atoms with Crippen molar-refractivity contribution in [3.05, 3.63) is 24.3 Å². The minimum absolute atomic E-state index is 0.0479. The molecule has 0 radical (unpaired) electrons. The molecule has 7 heteroatoms. The monoisotopic (exact) mass is 426 g/mol. The summed E-state index contributed by atoms with van der Waals surface area (Å²) in [6, 6.07) is 7.79. The second-order valence-electron chi connectivity index (χ2n) is 9.54. The molecule has 0 spiro atoms. The van der Waals surface area contributed by atoms with Crippen LogP contribution in [0, 0.1) is 17.8 Å². The van der Waals surface area contributed by atoms with Gasteiger partial charge in [-0.05, 0) is 75.3 Å². The summed E-state index contributed by atoms with van der Waals surface area (Å²) < 4.78 is 7.27. The van der Waals surface area contributed by atoms with Gasteiger partial charge >= 0.3 is 0 Å². The third kappa shape index (κ3) is 3.61. The van der Waals surface area contributed by atoms with Crippen LogP contribution in [0.25, 0.3) is 11.4 Å². The third-order valence-corrected chi connectivity index (χ3v) is 8.37. The lowest BCUT2D eigenvalue weighted by molar-refractivity contribution is -0.126. The highest BCUT2D eigenvalue weighted by molar-refractivity contribution is 8.00. The summed E-state index contributed by atoms with van der Waals surface area (Å²) in [6.45, 7) is 1.97. The molecular weight excluding hydrogens is 396 g/mol. The molecule has 160 valence electrons. The molecule has 1 N–H and O–H groups in total. The predicted octanol–water partition coefficient (Wildman–Crippen LogP) is 4.06. The zero-order valence-corrected chi connectivity index (χ0v) is 18.7. The number of nitrogens with one attached hydrogen (secondary N) is 1. The third-order valence-electron chi connectivity index (χ3n) is 7.24. The van der Waals surface area contributed by atoms with Crippen molar-refractivity contribution in [3.63, 3.8) is 0 Å². The molecule has 6 rings (SSSR count). The number of hydrogen-bond acceptors (Lipinski definition) is 5. The van der Waals surface area contributed by atoms with Crippen molar-refractivity contribution in [2.75, 3.05) is 7.11 Å². The number of ether oxygens (including phenoxy) is 1. The van der Waals surface area contributed by atoms with Gasteiger partial charge in [0.25, 0.3) is 0 Å². The molecule has 30 heavy (non-hydrogen) atoms. The van der Waals surface area contributed by atoms with E-state index >= 15 is 0 Å². The Bertz CT molecular complexity index is 921. The van der Waals surface area contributed by atoms with Crippen molar-refractivity contribution in [3.8, 4) is 17.1 Å². The number of nitrogens with zero attached hydrogens (tertiary/aromatic N) is 3. The van der Waals surface area contributed by atoms with Gasteiger partial charge in [0.05, 0.1) is 12.4 Å². The van der Waals surface area contributed by atoms with Gasteiger partial charge in [0, 0.05) is 18.2 Å². The van der Waals surface area contributed by atoms with Crippen LogP contribution in [-0.4, -0.2) is 38.6 Å². The number of thioether (sulfide) groups is 1. The Balaban J connectivity index is 1.27. The van der Waals surface area contributed by atoms with Gasteiger partial charge in [0.2, 0.25) is 5.91 Å². The summed E-state index contributed by atoms with van der Waals surface area (Å²) in [5.41, 5.74) is 0.994. The SMILES string of the molecule is COc1cccc(-c2nnc(SC(C)C(=O)NC34CC5CC(CC(C5)C3)C4)n2C)c1. The summed E-state index contributed by atoms with van der Waals surface area (Å²) in [4.78, 5) is 13.1. The molecule has 1 unspecified atom stereocenters. The Morgan fingerprint density at radius 1 is 1.20 bits per heavy atom. The molecule has 1 aromatic heterocycles. The number of methoxy groups -OCH3 is 1. The van der Waals surface area contributed by atoms with E-state index in [4.69, 9.17) is 4.74 Å². The lowest BCUT2D eigenvalue weighted by atomic mass is 9.53. The number of amides is 1. The van der Waals surface area contributed by atoms with Gasteiger partial charge in [-0.2, -0.15) is 0 Å². The minimum atomic E-state index is -0.209. The second-order valence-corrected chi connectivity index (χ2v) is 10.9. The van der Waals surface area contributed by atoms with Crippen LogP contribution in [0.2, 0.25) is 0 Å². The smallest absolute Gasteiger partial charge is 0.233 e. The normalized spacial score (nSPS) is 30.3. The summed E-state index contributed by atoms with van der Waals surface area (Å²) in [6.07, 6.45) is 7.66. The molecule has 1 amide bonds. The first-order valence-corrected chi connectivity index (χ1v) is 11.8. The van der Waals surface area contributed by atoms with Crippen molar-refractivity contribution >= 4 is 17.7 Å². The molecule has 4 aliphatic carbocycles. The largest absolute Gasteiger partial charge is 0.497 e. The van der Waals surface area contributed by atoms with Crippen molar-refractivity contribution in [2.24, 2.45) is 24.8 Å². The number of rotatable bonds is 6. The standard InChI is InChI=1S/C23H30N4O2S/c1-14(21(28)24-23-11-15-7-16(12-23)9-17(8-15)13-23)30-22-26-25-20(27(22)2)18-5-4-6-19(10-18)29-3/h4-6,10,14-17H,7-9,11-13H2,1-3H3,(H,24,28). The fourth-order valence-electron chi connectivity index (χ4n) is 6.27. The Morgan fingerprint density at radius 3 is 2.50 bits per heavy atom. The topological polar surface area (TPSA) is 69.0 Å². The molecule has 4 fully saturated rings. The van der Waals surface area contributed by atoms with Crippen molar-refractivity contribution in [2.45, 2.75) is 61.4 Å². The average Bonchev–Trinajstić information content (AvgIpc) is 3.07. The number of benzene rings is 1. The van der Waals surface area contributed by atoms with Crippen LogP contribution < -0.4 is 10.1 Å². The molecule has 6 nitrogen and oxygen atoms in total. The van der Waals surface area contributed by atoms with Gasteiger partial charge in [-0.15, -0.1) is 10.2 Å². The Kier molecular flexibility index (Phi) is 5.04. The molecule has 1 aromatic carbocycles. The average molecular weight is 427 g/mol. The van der Waals surface area contributed by atoms with E-state index < -0.39 is 0 Å². The number of carbonyl (C=O) groups is 1. The van der Waals surface area contributed by atoms with Gasteiger partial charge < -0.3 is 14.6 Å². The van der Waals surface area contributed by atoms with Crippen LogP contribution in [0.15, 0.2) is 29.4 Å². The molecule has 2 aromatic rings. The van der Waals surface area contributed by atoms with Crippen LogP contribution in [0.3, 0.4) is 0 Å². The van der Waals surface area contributed by atoms with E-state index in [0.717, 1.165) is 40.0 Å². The van der Waals surface area contributed by atoms with E-state index in [0.29, 0.717) is 0 Å². The van der Waals surface area contributed by atoms with Gasteiger partial charge in [0.1, 0.15) is 5.75 Å². The van der Waals surface area contributed by atoms with E-state index in [2.05, 4.69) is 15.5 Å². The quantitative estimate of drug-likeness (QED) is 0.706. The molecule has 4 aliphatic rings. The Morgan fingerprint density at radius 2 is 1.87 bits per heavy atom. The van der Waals surface area contributed by atoms with Gasteiger partial charge in [-0.25, -0.2) is 0 Å². The minimum Gasteiger partial charge on any atom is -0.497 e. The van der Waals surface area contributed by atoms with E-state index in [-0.39, 0.29) is 16.7 Å². The maximum atomic E-state index is 13.1. The second kappa shape index (κ2) is 7.59. The van der Waals surface area contributed by atoms with E-state index in [9.17, 15) is 4.79 Å². The van der Waals surface area contributed by atoms with Crippen molar-refractivity contribution in [1.82, 2.24) is 20.1 Å². The molecule has 1 heterocycles. The summed E-state index contributed by atoms with van der Waals surface area (Å²) in [5, 5.41) is 12.7. The number of aromatic nitrogens is 3. The molecule has 0 aliphatic heterocycles. The van der Waals surface area contributed by atoms with Gasteiger partial charge in [0.15, 0.2) is 11.0 Å². The van der Waals surface area contributed by atoms with Crippen molar-refractivity contribution < 1.29 is 9.53 Å². The predicted molar refractivity (Wildman–Crippen MR) is 117 cm³/mol. The summed E-state index contributed by atoms with van der Waals surface area (Å²) in [7, 11) is 3.60. The van der Waals surface area contributed by atoms with Crippen LogP contribution in [0.5, 0.6) is 5.75 Å². The van der Waals surface area contributed by atoms with Crippen LogP contribution in [-0.2, 0) is 11.8 Å². The maximum Gasteiger partial charge on any atom is 0.233 e. The molecule has 4 bridgehead atoms. The van der Waals surface area contributed by atoms with E-state index in [1.165, 1.54) is 50.3 Å².